The van der Waals surface area contributed by atoms with Gasteiger partial charge in [-0.15, -0.1) is 0 Å². The largest absolute Gasteiger partial charge is 0.456 e. The minimum atomic E-state index is -4.18. The van der Waals surface area contributed by atoms with Crippen LogP contribution in [0.25, 0.3) is 27.9 Å². The Hall–Kier alpha value is -5.19. The van der Waals surface area contributed by atoms with Gasteiger partial charge in [0.25, 0.3) is 21.9 Å². The SMILES string of the molecule is O=C(NCCS(=O)(=O)O)c1ccc(NC(C(=O)Nc2ccc(-c3cc4ccccc4o3)cc2)c2ccc(C3=CCCCC3)cc2)cc1. The second-order valence-electron chi connectivity index (χ2n) is 11.5. The van der Waals surface area contributed by atoms with E-state index in [-0.39, 0.29) is 12.5 Å². The van der Waals surface area contributed by atoms with Crippen molar-refractivity contribution in [3.8, 4) is 11.3 Å². The maximum atomic E-state index is 13.8. The third-order valence-corrected chi connectivity index (χ3v) is 8.85. The topological polar surface area (TPSA) is 138 Å². The van der Waals surface area contributed by atoms with Crippen molar-refractivity contribution in [3.05, 3.63) is 126 Å². The summed E-state index contributed by atoms with van der Waals surface area (Å²) in [7, 11) is -4.18. The lowest BCUT2D eigenvalue weighted by Crippen LogP contribution is -2.29. The molecule has 4 aromatic carbocycles. The number of rotatable bonds is 11. The van der Waals surface area contributed by atoms with Crippen molar-refractivity contribution < 1.29 is 27.0 Å². The van der Waals surface area contributed by atoms with Crippen LogP contribution in [0.15, 0.2) is 114 Å². The zero-order valence-electron chi connectivity index (χ0n) is 25.6. The molecule has 2 amide bonds. The molecule has 0 bridgehead atoms. The molecule has 0 saturated heterocycles. The molecule has 0 saturated carbocycles. The summed E-state index contributed by atoms with van der Waals surface area (Å²) in [6.45, 7) is -0.216. The molecule has 47 heavy (non-hydrogen) atoms. The van der Waals surface area contributed by atoms with Crippen LogP contribution in [0.2, 0.25) is 0 Å². The van der Waals surface area contributed by atoms with Crippen LogP contribution in [0.3, 0.4) is 0 Å². The number of fused-ring (bicyclic) bond motifs is 1. The van der Waals surface area contributed by atoms with Gasteiger partial charge in [-0.1, -0.05) is 48.5 Å². The Morgan fingerprint density at radius 1 is 0.830 bits per heavy atom. The van der Waals surface area contributed by atoms with Gasteiger partial charge in [0.2, 0.25) is 0 Å². The van der Waals surface area contributed by atoms with Crippen LogP contribution >= 0.6 is 0 Å². The van der Waals surface area contributed by atoms with Gasteiger partial charge >= 0.3 is 0 Å². The van der Waals surface area contributed by atoms with E-state index in [2.05, 4.69) is 34.2 Å². The van der Waals surface area contributed by atoms with Crippen molar-refractivity contribution in [1.29, 1.82) is 0 Å². The lowest BCUT2D eigenvalue weighted by Gasteiger charge is -2.21. The van der Waals surface area contributed by atoms with E-state index in [1.165, 1.54) is 18.4 Å². The molecule has 9 nitrogen and oxygen atoms in total. The van der Waals surface area contributed by atoms with Crippen molar-refractivity contribution in [1.82, 2.24) is 5.32 Å². The number of furan rings is 1. The van der Waals surface area contributed by atoms with E-state index in [4.69, 9.17) is 8.97 Å². The summed E-state index contributed by atoms with van der Waals surface area (Å²) in [5.74, 6) is -0.577. The van der Waals surface area contributed by atoms with Gasteiger partial charge in [0, 0.05) is 34.4 Å². The number of nitrogens with one attached hydrogen (secondary N) is 3. The quantitative estimate of drug-likeness (QED) is 0.109. The van der Waals surface area contributed by atoms with Crippen molar-refractivity contribution in [2.24, 2.45) is 0 Å². The first kappa shape index (κ1) is 31.8. The summed E-state index contributed by atoms with van der Waals surface area (Å²) >= 11 is 0. The van der Waals surface area contributed by atoms with Crippen LogP contribution in [0.5, 0.6) is 0 Å². The molecule has 240 valence electrons. The maximum Gasteiger partial charge on any atom is 0.266 e. The summed E-state index contributed by atoms with van der Waals surface area (Å²) in [4.78, 5) is 26.3. The molecule has 0 aliphatic heterocycles. The number of benzene rings is 4. The Kier molecular flexibility index (Phi) is 9.51. The summed E-state index contributed by atoms with van der Waals surface area (Å²) in [5.41, 5.74) is 6.50. The number of carbonyl (C=O) groups excluding carboxylic acids is 2. The Morgan fingerprint density at radius 3 is 2.21 bits per heavy atom. The second-order valence-corrected chi connectivity index (χ2v) is 13.1. The highest BCUT2D eigenvalue weighted by molar-refractivity contribution is 7.85. The molecular weight excluding hydrogens is 614 g/mol. The van der Waals surface area contributed by atoms with Crippen LogP contribution in [-0.4, -0.2) is 37.1 Å². The van der Waals surface area contributed by atoms with E-state index in [1.807, 2.05) is 66.7 Å². The molecule has 0 spiro atoms. The zero-order valence-corrected chi connectivity index (χ0v) is 26.4. The minimum Gasteiger partial charge on any atom is -0.456 e. The number of para-hydroxylation sites is 1. The predicted molar refractivity (Wildman–Crippen MR) is 185 cm³/mol. The summed E-state index contributed by atoms with van der Waals surface area (Å²) in [5, 5.41) is 9.83. The van der Waals surface area contributed by atoms with Gasteiger partial charge < -0.3 is 20.4 Å². The summed E-state index contributed by atoms with van der Waals surface area (Å²) in [6.07, 6.45) is 6.78. The molecule has 0 radical (unpaired) electrons. The molecule has 1 aliphatic carbocycles. The van der Waals surface area contributed by atoms with Gasteiger partial charge in [0.1, 0.15) is 17.4 Å². The van der Waals surface area contributed by atoms with Gasteiger partial charge in [-0.3, -0.25) is 14.1 Å². The molecule has 10 heteroatoms. The number of hydrogen-bond acceptors (Lipinski definition) is 6. The van der Waals surface area contributed by atoms with Crippen LogP contribution in [0.1, 0.15) is 53.2 Å². The smallest absolute Gasteiger partial charge is 0.266 e. The number of amides is 2. The fraction of sp³-hybridized carbons (Fsp3) is 0.189. The lowest BCUT2D eigenvalue weighted by atomic mass is 9.92. The Bertz CT molecular complexity index is 1980. The van der Waals surface area contributed by atoms with Crippen molar-refractivity contribution in [2.45, 2.75) is 31.7 Å². The Morgan fingerprint density at radius 2 is 1.53 bits per heavy atom. The minimum absolute atomic E-state index is 0.216. The van der Waals surface area contributed by atoms with Crippen molar-refractivity contribution in [3.63, 3.8) is 0 Å². The number of allylic oxidation sites excluding steroid dienone is 2. The number of anilines is 2. The first-order valence-corrected chi connectivity index (χ1v) is 17.1. The van der Waals surface area contributed by atoms with E-state index in [0.717, 1.165) is 46.3 Å². The van der Waals surface area contributed by atoms with E-state index in [0.29, 0.717) is 16.9 Å². The Balaban J connectivity index is 1.19. The van der Waals surface area contributed by atoms with Gasteiger partial charge in [0.15, 0.2) is 0 Å². The third kappa shape index (κ3) is 8.16. The van der Waals surface area contributed by atoms with Gasteiger partial charge in [-0.25, -0.2) is 0 Å². The molecule has 1 unspecified atom stereocenters. The third-order valence-electron chi connectivity index (χ3n) is 8.13. The lowest BCUT2D eigenvalue weighted by molar-refractivity contribution is -0.117. The summed E-state index contributed by atoms with van der Waals surface area (Å²) in [6, 6.07) is 31.1. The van der Waals surface area contributed by atoms with Crippen LogP contribution in [-0.2, 0) is 14.9 Å². The van der Waals surface area contributed by atoms with E-state index >= 15 is 0 Å². The van der Waals surface area contributed by atoms with Gasteiger partial charge in [-0.05, 0) is 103 Å². The van der Waals surface area contributed by atoms with Crippen molar-refractivity contribution in [2.75, 3.05) is 22.9 Å². The van der Waals surface area contributed by atoms with Gasteiger partial charge in [-0.2, -0.15) is 8.42 Å². The highest BCUT2D eigenvalue weighted by Crippen LogP contribution is 2.31. The molecule has 4 N–H and O–H groups in total. The fourth-order valence-electron chi connectivity index (χ4n) is 5.63. The zero-order chi connectivity index (χ0) is 32.8. The molecule has 1 atom stereocenters. The van der Waals surface area contributed by atoms with E-state index in [1.54, 1.807) is 24.3 Å². The molecule has 1 aliphatic rings. The average Bonchev–Trinajstić information content (AvgIpc) is 3.52. The van der Waals surface area contributed by atoms with E-state index in [9.17, 15) is 18.0 Å². The standard InChI is InChI=1S/C37H35N3O6S/c41-36(38-22-23-47(43,44)45)29-16-20-31(21-17-29)39-35(28-12-10-26(11-13-28)25-6-2-1-3-7-25)37(42)40-32-18-14-27(15-19-32)34-24-30-8-4-5-9-33(30)46-34/h4-6,8-21,24,35,39H,1-3,7,22-23H2,(H,38,41)(H,40,42)(H,43,44,45). The van der Waals surface area contributed by atoms with Crippen LogP contribution in [0.4, 0.5) is 11.4 Å². The monoisotopic (exact) mass is 649 g/mol. The highest BCUT2D eigenvalue weighted by atomic mass is 32.2. The number of carbonyl (C=O) groups is 2. The predicted octanol–water partition coefficient (Wildman–Crippen LogP) is 7.47. The van der Waals surface area contributed by atoms with Crippen molar-refractivity contribution >= 4 is 49.8 Å². The highest BCUT2D eigenvalue weighted by Gasteiger charge is 2.22. The van der Waals surface area contributed by atoms with Crippen LogP contribution < -0.4 is 16.0 Å². The maximum absolute atomic E-state index is 13.8. The second kappa shape index (κ2) is 14.1. The first-order chi connectivity index (χ1) is 22.7. The average molecular weight is 650 g/mol. The molecule has 6 rings (SSSR count). The number of hydrogen-bond donors (Lipinski definition) is 4. The first-order valence-electron chi connectivity index (χ1n) is 15.5. The molecular formula is C37H35N3O6S. The normalized spacial score (nSPS) is 13.9. The molecule has 0 fully saturated rings. The molecule has 5 aromatic rings. The van der Waals surface area contributed by atoms with Gasteiger partial charge in [0.05, 0.1) is 5.75 Å². The van der Waals surface area contributed by atoms with Crippen LogP contribution in [0, 0.1) is 0 Å². The van der Waals surface area contributed by atoms with E-state index < -0.39 is 27.8 Å². The molecule has 1 heterocycles. The molecule has 1 aromatic heterocycles. The Labute approximate surface area is 273 Å². The fourth-order valence-corrected chi connectivity index (χ4v) is 5.99. The summed E-state index contributed by atoms with van der Waals surface area (Å²) < 4.78 is 36.8.